The van der Waals surface area contributed by atoms with Crippen molar-refractivity contribution < 1.29 is 31.1 Å². The summed E-state index contributed by atoms with van der Waals surface area (Å²) in [6.45, 7) is 0.317. The van der Waals surface area contributed by atoms with Gasteiger partial charge in [0.1, 0.15) is 5.82 Å². The molecule has 0 atom stereocenters. The van der Waals surface area contributed by atoms with Gasteiger partial charge in [0.05, 0.1) is 18.5 Å². The van der Waals surface area contributed by atoms with E-state index < -0.39 is 35.9 Å². The number of amides is 1. The number of aromatic nitrogens is 2. The third-order valence-electron chi connectivity index (χ3n) is 4.15. The van der Waals surface area contributed by atoms with Crippen LogP contribution in [0.2, 0.25) is 0 Å². The fourth-order valence-electron chi connectivity index (χ4n) is 3.11. The predicted octanol–water partition coefficient (Wildman–Crippen LogP) is 2.97. The molecule has 2 aromatic rings. The molecule has 0 fully saturated rings. The standard InChI is InChI=1S/C16H14F6N4O/c17-15(18,19)10-3-1-2-9(6-10)8-25-4-5-26-14(25)11(7-12(23)27)13(24-26)16(20,21)22/h1-3,6H,4-5,7-8H2,(H2,23,27). The smallest absolute Gasteiger partial charge is 0.369 e. The molecule has 1 amide bonds. The molecule has 2 heterocycles. The van der Waals surface area contributed by atoms with Crippen molar-refractivity contribution in [3.63, 3.8) is 0 Å². The van der Waals surface area contributed by atoms with Crippen LogP contribution in [-0.4, -0.2) is 22.2 Å². The van der Waals surface area contributed by atoms with Gasteiger partial charge in [0.25, 0.3) is 0 Å². The van der Waals surface area contributed by atoms with E-state index in [1.807, 2.05) is 0 Å². The minimum atomic E-state index is -4.77. The van der Waals surface area contributed by atoms with Gasteiger partial charge in [0.15, 0.2) is 5.69 Å². The summed E-state index contributed by atoms with van der Waals surface area (Å²) >= 11 is 0. The number of primary amides is 1. The molecule has 1 aliphatic heterocycles. The van der Waals surface area contributed by atoms with Crippen LogP contribution in [0.15, 0.2) is 24.3 Å². The number of halogens is 6. The number of alkyl halides is 6. The molecule has 0 radical (unpaired) electrons. The van der Waals surface area contributed by atoms with Gasteiger partial charge in [-0.25, -0.2) is 4.68 Å². The van der Waals surface area contributed by atoms with Gasteiger partial charge in [-0.05, 0) is 17.7 Å². The summed E-state index contributed by atoms with van der Waals surface area (Å²) in [7, 11) is 0. The van der Waals surface area contributed by atoms with Crippen LogP contribution in [0.3, 0.4) is 0 Å². The molecule has 3 rings (SSSR count). The normalized spacial score (nSPS) is 14.5. The van der Waals surface area contributed by atoms with Gasteiger partial charge in [-0.2, -0.15) is 31.4 Å². The van der Waals surface area contributed by atoms with E-state index in [-0.39, 0.29) is 36.6 Å². The van der Waals surface area contributed by atoms with Crippen LogP contribution in [0.1, 0.15) is 22.4 Å². The lowest BCUT2D eigenvalue weighted by Crippen LogP contribution is -2.24. The molecule has 0 bridgehead atoms. The van der Waals surface area contributed by atoms with Gasteiger partial charge in [-0.1, -0.05) is 12.1 Å². The zero-order valence-electron chi connectivity index (χ0n) is 13.7. The second-order valence-corrected chi connectivity index (χ2v) is 6.13. The Morgan fingerprint density at radius 2 is 1.81 bits per heavy atom. The molecule has 11 heteroatoms. The average molecular weight is 392 g/mol. The van der Waals surface area contributed by atoms with Crippen LogP contribution in [-0.2, 0) is 36.7 Å². The number of nitrogens with two attached hydrogens (primary N) is 1. The average Bonchev–Trinajstić information content (AvgIpc) is 3.07. The number of hydrogen-bond donors (Lipinski definition) is 1. The number of anilines is 1. The minimum absolute atomic E-state index is 0.0542. The van der Waals surface area contributed by atoms with Gasteiger partial charge in [-0.15, -0.1) is 0 Å². The third-order valence-corrected chi connectivity index (χ3v) is 4.15. The fraction of sp³-hybridized carbons (Fsp3) is 0.375. The Balaban J connectivity index is 1.97. The van der Waals surface area contributed by atoms with Crippen molar-refractivity contribution in [1.82, 2.24) is 9.78 Å². The van der Waals surface area contributed by atoms with Gasteiger partial charge in [0, 0.05) is 18.7 Å². The predicted molar refractivity (Wildman–Crippen MR) is 82.6 cm³/mol. The molecule has 0 spiro atoms. The molecule has 27 heavy (non-hydrogen) atoms. The SMILES string of the molecule is NC(=O)Cc1c(C(F)(F)F)nn2c1N(Cc1cccc(C(F)(F)F)c1)CC2. The Morgan fingerprint density at radius 1 is 1.11 bits per heavy atom. The Kier molecular flexibility index (Phi) is 4.56. The molecule has 2 N–H and O–H groups in total. The summed E-state index contributed by atoms with van der Waals surface area (Å²) in [5.74, 6) is -0.902. The highest BCUT2D eigenvalue weighted by molar-refractivity contribution is 5.79. The Hall–Kier alpha value is -2.72. The number of carbonyl (C=O) groups excluding carboxylic acids is 1. The van der Waals surface area contributed by atoms with E-state index in [4.69, 9.17) is 5.73 Å². The van der Waals surface area contributed by atoms with Crippen LogP contribution in [0.25, 0.3) is 0 Å². The number of rotatable bonds is 4. The van der Waals surface area contributed by atoms with Crippen molar-refractivity contribution in [1.29, 1.82) is 0 Å². The maximum atomic E-state index is 13.2. The lowest BCUT2D eigenvalue weighted by Gasteiger charge is -2.20. The lowest BCUT2D eigenvalue weighted by molar-refractivity contribution is -0.142. The number of fused-ring (bicyclic) bond motifs is 1. The Labute approximate surface area is 149 Å². The largest absolute Gasteiger partial charge is 0.435 e. The summed E-state index contributed by atoms with van der Waals surface area (Å²) in [5, 5.41) is 3.53. The Bertz CT molecular complexity index is 871. The van der Waals surface area contributed by atoms with Crippen LogP contribution in [0.5, 0.6) is 0 Å². The topological polar surface area (TPSA) is 64.2 Å². The van der Waals surface area contributed by atoms with E-state index in [1.165, 1.54) is 17.0 Å². The first-order valence-corrected chi connectivity index (χ1v) is 7.83. The molecule has 0 saturated carbocycles. The highest BCUT2D eigenvalue weighted by Crippen LogP contribution is 2.39. The summed E-state index contributed by atoms with van der Waals surface area (Å²) in [5.41, 5.74) is 2.93. The van der Waals surface area contributed by atoms with Crippen LogP contribution in [0, 0.1) is 0 Å². The summed E-state index contributed by atoms with van der Waals surface area (Å²) in [6.07, 6.45) is -9.96. The van der Waals surface area contributed by atoms with E-state index in [2.05, 4.69) is 5.10 Å². The first kappa shape index (κ1) is 19.1. The van der Waals surface area contributed by atoms with Crippen molar-refractivity contribution in [2.24, 2.45) is 5.73 Å². The monoisotopic (exact) mass is 392 g/mol. The van der Waals surface area contributed by atoms with Crippen LogP contribution in [0.4, 0.5) is 32.2 Å². The van der Waals surface area contributed by atoms with Gasteiger partial charge >= 0.3 is 12.4 Å². The molecule has 146 valence electrons. The quantitative estimate of drug-likeness (QED) is 0.814. The van der Waals surface area contributed by atoms with Crippen LogP contribution >= 0.6 is 0 Å². The molecule has 1 aromatic heterocycles. The van der Waals surface area contributed by atoms with Crippen molar-refractivity contribution in [2.75, 3.05) is 11.4 Å². The summed E-state index contributed by atoms with van der Waals surface area (Å²) in [4.78, 5) is 12.7. The van der Waals surface area contributed by atoms with Gasteiger partial charge < -0.3 is 10.6 Å². The molecule has 0 aliphatic carbocycles. The zero-order valence-corrected chi connectivity index (χ0v) is 13.7. The third kappa shape index (κ3) is 3.86. The zero-order chi connectivity index (χ0) is 20.0. The van der Waals surface area contributed by atoms with E-state index >= 15 is 0 Å². The highest BCUT2D eigenvalue weighted by Gasteiger charge is 2.42. The summed E-state index contributed by atoms with van der Waals surface area (Å²) < 4.78 is 79.3. The minimum Gasteiger partial charge on any atom is -0.369 e. The molecular formula is C16H14F6N4O. The number of carbonyl (C=O) groups is 1. The molecule has 0 saturated heterocycles. The van der Waals surface area contributed by atoms with Crippen molar-refractivity contribution in [2.45, 2.75) is 31.9 Å². The molecule has 5 nitrogen and oxygen atoms in total. The maximum Gasteiger partial charge on any atom is 0.435 e. The van der Waals surface area contributed by atoms with E-state index in [9.17, 15) is 31.1 Å². The van der Waals surface area contributed by atoms with E-state index in [1.54, 1.807) is 0 Å². The van der Waals surface area contributed by atoms with E-state index in [0.717, 1.165) is 16.8 Å². The number of nitrogens with zero attached hydrogens (tertiary/aromatic N) is 3. The lowest BCUT2D eigenvalue weighted by atomic mass is 10.1. The maximum absolute atomic E-state index is 13.2. The van der Waals surface area contributed by atoms with Gasteiger partial charge in [0.2, 0.25) is 5.91 Å². The van der Waals surface area contributed by atoms with Crippen LogP contribution < -0.4 is 10.6 Å². The number of hydrogen-bond acceptors (Lipinski definition) is 3. The van der Waals surface area contributed by atoms with Crippen molar-refractivity contribution in [3.05, 3.63) is 46.6 Å². The fourth-order valence-corrected chi connectivity index (χ4v) is 3.11. The second kappa shape index (κ2) is 6.46. The summed E-state index contributed by atoms with van der Waals surface area (Å²) in [6, 6.07) is 4.54. The van der Waals surface area contributed by atoms with E-state index in [0.29, 0.717) is 0 Å². The van der Waals surface area contributed by atoms with Crippen molar-refractivity contribution >= 4 is 11.7 Å². The molecule has 0 unspecified atom stereocenters. The first-order valence-electron chi connectivity index (χ1n) is 7.83. The Morgan fingerprint density at radius 3 is 2.41 bits per heavy atom. The van der Waals surface area contributed by atoms with Crippen molar-refractivity contribution in [3.8, 4) is 0 Å². The van der Waals surface area contributed by atoms with Gasteiger partial charge in [-0.3, -0.25) is 4.79 Å². The second-order valence-electron chi connectivity index (χ2n) is 6.13. The highest BCUT2D eigenvalue weighted by atomic mass is 19.4. The molecule has 1 aliphatic rings. The molecular weight excluding hydrogens is 378 g/mol. The first-order chi connectivity index (χ1) is 12.5. The number of benzene rings is 1. The molecule has 1 aromatic carbocycles.